The van der Waals surface area contributed by atoms with Crippen molar-refractivity contribution in [2.45, 2.75) is 23.2 Å². The van der Waals surface area contributed by atoms with E-state index in [4.69, 9.17) is 23.7 Å². The molecule has 0 N–H and O–H groups in total. The third-order valence-corrected chi connectivity index (χ3v) is 8.28. The van der Waals surface area contributed by atoms with Crippen molar-refractivity contribution in [1.82, 2.24) is 0 Å². The molecule has 2 atom stereocenters. The van der Waals surface area contributed by atoms with Gasteiger partial charge in [0.1, 0.15) is 0 Å². The van der Waals surface area contributed by atoms with Crippen LogP contribution in [-0.2, 0) is 0 Å². The SMILES string of the molecule is CCCOc1c(OC)cc(C2SCC(c3cc(OC)c(OC)c(OC)c3)S2)cc1[N+](=O)[O-]. The number of methoxy groups -OCH3 is 4. The maximum absolute atomic E-state index is 11.7. The van der Waals surface area contributed by atoms with Crippen molar-refractivity contribution in [2.75, 3.05) is 40.8 Å². The summed E-state index contributed by atoms with van der Waals surface area (Å²) in [6, 6.07) is 7.33. The van der Waals surface area contributed by atoms with Gasteiger partial charge in [-0.2, -0.15) is 0 Å². The second kappa shape index (κ2) is 10.9. The van der Waals surface area contributed by atoms with E-state index in [0.717, 1.165) is 23.3 Å². The Bertz CT molecular complexity index is 945. The number of nitro benzene ring substituents is 1. The van der Waals surface area contributed by atoms with E-state index in [0.29, 0.717) is 29.6 Å². The van der Waals surface area contributed by atoms with Crippen molar-refractivity contribution in [1.29, 1.82) is 0 Å². The molecule has 8 nitrogen and oxygen atoms in total. The van der Waals surface area contributed by atoms with Gasteiger partial charge in [0.15, 0.2) is 17.2 Å². The molecule has 0 amide bonds. The molecule has 0 spiro atoms. The number of nitro groups is 1. The minimum Gasteiger partial charge on any atom is -0.493 e. The fraction of sp³-hybridized carbons (Fsp3) is 0.455. The molecule has 1 aliphatic rings. The van der Waals surface area contributed by atoms with Gasteiger partial charge in [0, 0.05) is 17.1 Å². The van der Waals surface area contributed by atoms with Gasteiger partial charge in [0.2, 0.25) is 11.5 Å². The minimum absolute atomic E-state index is 0.00640. The van der Waals surface area contributed by atoms with Crippen LogP contribution in [0.4, 0.5) is 5.69 Å². The van der Waals surface area contributed by atoms with Crippen LogP contribution in [0.2, 0.25) is 0 Å². The minimum atomic E-state index is -0.419. The zero-order valence-electron chi connectivity index (χ0n) is 18.7. The number of hydrogen-bond acceptors (Lipinski definition) is 9. The summed E-state index contributed by atoms with van der Waals surface area (Å²) in [5.41, 5.74) is 1.79. The van der Waals surface area contributed by atoms with Crippen molar-refractivity contribution >= 4 is 29.2 Å². The van der Waals surface area contributed by atoms with Gasteiger partial charge >= 0.3 is 5.69 Å². The summed E-state index contributed by atoms with van der Waals surface area (Å²) >= 11 is 3.45. The summed E-state index contributed by atoms with van der Waals surface area (Å²) in [5, 5.41) is 11.9. The molecule has 0 radical (unpaired) electrons. The van der Waals surface area contributed by atoms with E-state index >= 15 is 0 Å². The third kappa shape index (κ3) is 4.96. The van der Waals surface area contributed by atoms with Crippen LogP contribution < -0.4 is 23.7 Å². The van der Waals surface area contributed by atoms with Gasteiger partial charge in [-0.25, -0.2) is 0 Å². The summed E-state index contributed by atoms with van der Waals surface area (Å²) in [6.07, 6.45) is 0.743. The average molecular weight is 482 g/mol. The van der Waals surface area contributed by atoms with Crippen LogP contribution in [0.25, 0.3) is 0 Å². The summed E-state index contributed by atoms with van der Waals surface area (Å²) in [5.74, 6) is 3.14. The van der Waals surface area contributed by atoms with Crippen molar-refractivity contribution in [2.24, 2.45) is 0 Å². The van der Waals surface area contributed by atoms with E-state index in [2.05, 4.69) is 0 Å². The lowest BCUT2D eigenvalue weighted by Crippen LogP contribution is -2.03. The quantitative estimate of drug-likeness (QED) is 0.316. The number of rotatable bonds is 10. The summed E-state index contributed by atoms with van der Waals surface area (Å²) in [6.45, 7) is 2.33. The highest BCUT2D eigenvalue weighted by Gasteiger charge is 2.33. The van der Waals surface area contributed by atoms with Crippen LogP contribution in [-0.4, -0.2) is 45.7 Å². The molecule has 2 aromatic rings. The van der Waals surface area contributed by atoms with Crippen LogP contribution in [0.15, 0.2) is 24.3 Å². The molecule has 1 saturated heterocycles. The van der Waals surface area contributed by atoms with Gasteiger partial charge in [0.25, 0.3) is 0 Å². The molecule has 0 aliphatic carbocycles. The Morgan fingerprint density at radius 2 is 1.53 bits per heavy atom. The smallest absolute Gasteiger partial charge is 0.315 e. The first-order valence-electron chi connectivity index (χ1n) is 10.0. The Hall–Kier alpha value is -2.46. The fourth-order valence-electron chi connectivity index (χ4n) is 3.42. The Labute approximate surface area is 196 Å². The van der Waals surface area contributed by atoms with Crippen LogP contribution in [0, 0.1) is 10.1 Å². The molecule has 0 saturated carbocycles. The van der Waals surface area contributed by atoms with Gasteiger partial charge in [-0.1, -0.05) is 6.92 Å². The zero-order chi connectivity index (χ0) is 23.3. The molecule has 1 aliphatic heterocycles. The maximum Gasteiger partial charge on any atom is 0.315 e. The largest absolute Gasteiger partial charge is 0.493 e. The standard InChI is InChI=1S/C22H27NO7S2/c1-6-7-30-20-15(23(24)25)8-14(11-16(20)26-2)22-31-12-19(32-22)13-9-17(27-3)21(29-5)18(10-13)28-4/h8-11,19,22H,6-7,12H2,1-5H3. The van der Waals surface area contributed by atoms with Gasteiger partial charge in [-0.05, 0) is 35.7 Å². The van der Waals surface area contributed by atoms with E-state index in [9.17, 15) is 10.1 Å². The van der Waals surface area contributed by atoms with Crippen LogP contribution >= 0.6 is 23.5 Å². The average Bonchev–Trinajstić information content (AvgIpc) is 3.31. The third-order valence-electron chi connectivity index (χ3n) is 4.94. The van der Waals surface area contributed by atoms with Crippen LogP contribution in [0.5, 0.6) is 28.7 Å². The molecule has 2 aromatic carbocycles. The van der Waals surface area contributed by atoms with Gasteiger partial charge in [0.05, 0.1) is 44.6 Å². The van der Waals surface area contributed by atoms with Gasteiger partial charge in [-0.15, -0.1) is 23.5 Å². The van der Waals surface area contributed by atoms with Crippen LogP contribution in [0.3, 0.4) is 0 Å². The van der Waals surface area contributed by atoms with Crippen molar-refractivity contribution in [3.63, 3.8) is 0 Å². The van der Waals surface area contributed by atoms with Crippen molar-refractivity contribution < 1.29 is 28.6 Å². The number of thioether (sulfide) groups is 2. The maximum atomic E-state index is 11.7. The highest BCUT2D eigenvalue weighted by atomic mass is 32.2. The molecule has 1 fully saturated rings. The zero-order valence-corrected chi connectivity index (χ0v) is 20.3. The monoisotopic (exact) mass is 481 g/mol. The van der Waals surface area contributed by atoms with Crippen LogP contribution in [0.1, 0.15) is 34.3 Å². The molecular formula is C22H27NO7S2. The lowest BCUT2D eigenvalue weighted by atomic mass is 10.1. The number of benzene rings is 2. The summed E-state index contributed by atoms with van der Waals surface area (Å²) in [7, 11) is 6.25. The fourth-order valence-corrected chi connectivity index (χ4v) is 6.68. The number of hydrogen-bond donors (Lipinski definition) is 0. The highest BCUT2D eigenvalue weighted by Crippen LogP contribution is 2.58. The second-order valence-electron chi connectivity index (χ2n) is 6.93. The summed E-state index contributed by atoms with van der Waals surface area (Å²) < 4.78 is 27.5. The molecule has 3 rings (SSSR count). The normalized spacial score (nSPS) is 17.7. The lowest BCUT2D eigenvalue weighted by Gasteiger charge is -2.17. The van der Waals surface area contributed by atoms with Gasteiger partial charge in [-0.3, -0.25) is 10.1 Å². The van der Waals surface area contributed by atoms with E-state index in [1.165, 1.54) is 7.11 Å². The molecule has 10 heteroatoms. The van der Waals surface area contributed by atoms with E-state index < -0.39 is 4.92 Å². The predicted molar refractivity (Wildman–Crippen MR) is 127 cm³/mol. The molecule has 32 heavy (non-hydrogen) atoms. The molecule has 1 heterocycles. The number of ether oxygens (including phenoxy) is 5. The van der Waals surface area contributed by atoms with E-state index in [1.807, 2.05) is 25.1 Å². The molecule has 2 unspecified atom stereocenters. The summed E-state index contributed by atoms with van der Waals surface area (Å²) in [4.78, 5) is 11.3. The lowest BCUT2D eigenvalue weighted by molar-refractivity contribution is -0.386. The molecule has 0 aromatic heterocycles. The Kier molecular flexibility index (Phi) is 8.25. The topological polar surface area (TPSA) is 89.3 Å². The van der Waals surface area contributed by atoms with Gasteiger partial charge < -0.3 is 23.7 Å². The van der Waals surface area contributed by atoms with E-state index in [1.54, 1.807) is 50.9 Å². The van der Waals surface area contributed by atoms with Crippen molar-refractivity contribution in [3.05, 3.63) is 45.5 Å². The first-order valence-corrected chi connectivity index (χ1v) is 12.0. The molecule has 174 valence electrons. The first kappa shape index (κ1) is 24.2. The molecule has 0 bridgehead atoms. The number of nitrogens with zero attached hydrogens (tertiary/aromatic N) is 1. The Balaban J connectivity index is 1.91. The Morgan fingerprint density at radius 3 is 2.06 bits per heavy atom. The van der Waals surface area contributed by atoms with E-state index in [-0.39, 0.29) is 21.3 Å². The Morgan fingerprint density at radius 1 is 0.938 bits per heavy atom. The predicted octanol–water partition coefficient (Wildman–Crippen LogP) is 5.64. The highest BCUT2D eigenvalue weighted by molar-refractivity contribution is 8.19. The van der Waals surface area contributed by atoms with Crippen molar-refractivity contribution in [3.8, 4) is 28.7 Å². The first-order chi connectivity index (χ1) is 15.5. The second-order valence-corrected chi connectivity index (χ2v) is 9.67. The molecular weight excluding hydrogens is 454 g/mol.